The summed E-state index contributed by atoms with van der Waals surface area (Å²) < 4.78 is 36.4. The minimum atomic E-state index is -0.911. The molecule has 2 rings (SSSR count). The molecule has 7 heteroatoms. The molecule has 2 aromatic rings. The fraction of sp³-hybridized carbons (Fsp3) is 0.222. The third-order valence-corrected chi connectivity index (χ3v) is 3.23. The maximum absolute atomic E-state index is 13.4. The summed E-state index contributed by atoms with van der Waals surface area (Å²) in [6.07, 6.45) is -0.0352. The zero-order valence-corrected chi connectivity index (χ0v) is 13.6. The van der Waals surface area contributed by atoms with E-state index in [1.807, 2.05) is 25.1 Å². The van der Waals surface area contributed by atoms with Gasteiger partial charge >= 0.3 is 5.97 Å². The standard InChI is InChI=1S/C18H17F2NO4/c1-12-4-2-3-5-16(12)24-9-8-18(23)25-11-17(22)21-15-7-6-13(19)10-14(15)20/h2-7,10H,8-9,11H2,1H3,(H,21,22). The first kappa shape index (κ1) is 18.4. The Morgan fingerprint density at radius 1 is 1.12 bits per heavy atom. The lowest BCUT2D eigenvalue weighted by Crippen LogP contribution is -2.22. The van der Waals surface area contributed by atoms with Crippen molar-refractivity contribution in [3.8, 4) is 5.75 Å². The zero-order valence-electron chi connectivity index (χ0n) is 13.6. The van der Waals surface area contributed by atoms with E-state index in [4.69, 9.17) is 9.47 Å². The van der Waals surface area contributed by atoms with E-state index in [-0.39, 0.29) is 18.7 Å². The van der Waals surface area contributed by atoms with Gasteiger partial charge in [-0.05, 0) is 30.7 Å². The Kier molecular flexibility index (Phi) is 6.45. The SMILES string of the molecule is Cc1ccccc1OCCC(=O)OCC(=O)Nc1ccc(F)cc1F. The van der Waals surface area contributed by atoms with Crippen LogP contribution in [0, 0.1) is 18.6 Å². The number of benzene rings is 2. The first-order valence-electron chi connectivity index (χ1n) is 7.54. The number of halogens is 2. The molecule has 0 saturated carbocycles. The van der Waals surface area contributed by atoms with Crippen LogP contribution in [0.25, 0.3) is 0 Å². The van der Waals surface area contributed by atoms with Crippen molar-refractivity contribution < 1.29 is 27.8 Å². The maximum Gasteiger partial charge on any atom is 0.309 e. The summed E-state index contributed by atoms with van der Waals surface area (Å²) >= 11 is 0. The lowest BCUT2D eigenvalue weighted by atomic mass is 10.2. The molecule has 0 aromatic heterocycles. The molecule has 1 amide bonds. The number of hydrogen-bond donors (Lipinski definition) is 1. The highest BCUT2D eigenvalue weighted by Crippen LogP contribution is 2.16. The average molecular weight is 349 g/mol. The molecule has 0 aliphatic carbocycles. The van der Waals surface area contributed by atoms with E-state index < -0.39 is 30.1 Å². The number of aryl methyl sites for hydroxylation is 1. The minimum Gasteiger partial charge on any atom is -0.493 e. The normalized spacial score (nSPS) is 10.2. The van der Waals surface area contributed by atoms with E-state index in [0.29, 0.717) is 11.8 Å². The molecule has 0 bridgehead atoms. The van der Waals surface area contributed by atoms with Crippen molar-refractivity contribution in [2.45, 2.75) is 13.3 Å². The van der Waals surface area contributed by atoms with Crippen LogP contribution in [0.4, 0.5) is 14.5 Å². The Bertz CT molecular complexity index is 764. The van der Waals surface area contributed by atoms with Crippen LogP contribution in [-0.2, 0) is 14.3 Å². The van der Waals surface area contributed by atoms with Crippen molar-refractivity contribution in [2.75, 3.05) is 18.5 Å². The summed E-state index contributed by atoms with van der Waals surface area (Å²) in [5, 5.41) is 2.19. The molecule has 0 radical (unpaired) electrons. The quantitative estimate of drug-likeness (QED) is 0.780. The van der Waals surface area contributed by atoms with Gasteiger partial charge in [-0.3, -0.25) is 9.59 Å². The summed E-state index contributed by atoms with van der Waals surface area (Å²) in [7, 11) is 0. The van der Waals surface area contributed by atoms with E-state index in [1.54, 1.807) is 6.07 Å². The van der Waals surface area contributed by atoms with Gasteiger partial charge in [0.1, 0.15) is 17.4 Å². The van der Waals surface area contributed by atoms with Crippen LogP contribution < -0.4 is 10.1 Å². The maximum atomic E-state index is 13.4. The number of nitrogens with one attached hydrogen (secondary N) is 1. The number of esters is 1. The number of carbonyl (C=O) groups excluding carboxylic acids is 2. The van der Waals surface area contributed by atoms with Gasteiger partial charge < -0.3 is 14.8 Å². The van der Waals surface area contributed by atoms with Gasteiger partial charge in [0.05, 0.1) is 18.7 Å². The zero-order chi connectivity index (χ0) is 18.2. The van der Waals surface area contributed by atoms with Gasteiger partial charge in [-0.2, -0.15) is 0 Å². The highest BCUT2D eigenvalue weighted by molar-refractivity contribution is 5.92. The van der Waals surface area contributed by atoms with Crippen molar-refractivity contribution in [2.24, 2.45) is 0 Å². The van der Waals surface area contributed by atoms with Gasteiger partial charge in [-0.15, -0.1) is 0 Å². The Morgan fingerprint density at radius 3 is 2.60 bits per heavy atom. The van der Waals surface area contributed by atoms with Gasteiger partial charge in [0.25, 0.3) is 5.91 Å². The first-order chi connectivity index (χ1) is 12.0. The Morgan fingerprint density at radius 2 is 1.88 bits per heavy atom. The van der Waals surface area contributed by atoms with Crippen molar-refractivity contribution in [1.82, 2.24) is 0 Å². The molecular formula is C18H17F2NO4. The fourth-order valence-electron chi connectivity index (χ4n) is 1.96. The summed E-state index contributed by atoms with van der Waals surface area (Å²) in [5.74, 6) is -2.34. The molecule has 0 aliphatic heterocycles. The van der Waals surface area contributed by atoms with Crippen LogP contribution in [0.5, 0.6) is 5.75 Å². The molecular weight excluding hydrogens is 332 g/mol. The van der Waals surface area contributed by atoms with Gasteiger partial charge in [0, 0.05) is 6.07 Å². The second-order valence-corrected chi connectivity index (χ2v) is 5.20. The second-order valence-electron chi connectivity index (χ2n) is 5.20. The topological polar surface area (TPSA) is 64.6 Å². The number of anilines is 1. The monoisotopic (exact) mass is 349 g/mol. The van der Waals surface area contributed by atoms with Crippen LogP contribution >= 0.6 is 0 Å². The molecule has 2 aromatic carbocycles. The highest BCUT2D eigenvalue weighted by Gasteiger charge is 2.11. The molecule has 1 N–H and O–H groups in total. The predicted molar refractivity (Wildman–Crippen MR) is 87.2 cm³/mol. The van der Waals surface area contributed by atoms with Crippen LogP contribution in [0.2, 0.25) is 0 Å². The molecule has 132 valence electrons. The van der Waals surface area contributed by atoms with Crippen LogP contribution in [0.3, 0.4) is 0 Å². The van der Waals surface area contributed by atoms with Gasteiger partial charge in [-0.25, -0.2) is 8.78 Å². The molecule has 0 unspecified atom stereocenters. The van der Waals surface area contributed by atoms with E-state index in [1.165, 1.54) is 0 Å². The third-order valence-electron chi connectivity index (χ3n) is 3.23. The highest BCUT2D eigenvalue weighted by atomic mass is 19.1. The molecule has 0 saturated heterocycles. The smallest absolute Gasteiger partial charge is 0.309 e. The van der Waals surface area contributed by atoms with E-state index in [2.05, 4.69) is 5.32 Å². The molecule has 0 heterocycles. The average Bonchev–Trinajstić information content (AvgIpc) is 2.57. The van der Waals surface area contributed by atoms with E-state index in [0.717, 1.165) is 17.7 Å². The summed E-state index contributed by atoms with van der Waals surface area (Å²) in [5.41, 5.74) is 0.752. The Balaban J connectivity index is 1.70. The van der Waals surface area contributed by atoms with E-state index >= 15 is 0 Å². The molecule has 5 nitrogen and oxygen atoms in total. The van der Waals surface area contributed by atoms with Crippen LogP contribution in [0.15, 0.2) is 42.5 Å². The number of ether oxygens (including phenoxy) is 2. The molecule has 25 heavy (non-hydrogen) atoms. The molecule has 0 spiro atoms. The fourth-order valence-corrected chi connectivity index (χ4v) is 1.96. The van der Waals surface area contributed by atoms with Crippen molar-refractivity contribution >= 4 is 17.6 Å². The summed E-state index contributed by atoms with van der Waals surface area (Å²) in [6.45, 7) is 1.42. The Labute approximate surface area is 143 Å². The first-order valence-corrected chi connectivity index (χ1v) is 7.54. The number of para-hydroxylation sites is 1. The molecule has 0 aliphatic rings. The molecule has 0 fully saturated rings. The predicted octanol–water partition coefficient (Wildman–Crippen LogP) is 3.22. The minimum absolute atomic E-state index is 0.0352. The molecule has 0 atom stereocenters. The summed E-state index contributed by atoms with van der Waals surface area (Å²) in [6, 6.07) is 10.1. The lowest BCUT2D eigenvalue weighted by molar-refractivity contribution is -0.147. The van der Waals surface area contributed by atoms with Gasteiger partial charge in [-0.1, -0.05) is 18.2 Å². The van der Waals surface area contributed by atoms with E-state index in [9.17, 15) is 18.4 Å². The van der Waals surface area contributed by atoms with Crippen molar-refractivity contribution in [1.29, 1.82) is 0 Å². The number of rotatable bonds is 7. The number of hydrogen-bond acceptors (Lipinski definition) is 4. The van der Waals surface area contributed by atoms with Gasteiger partial charge in [0.15, 0.2) is 6.61 Å². The van der Waals surface area contributed by atoms with Gasteiger partial charge in [0.2, 0.25) is 0 Å². The second kappa shape index (κ2) is 8.77. The third kappa shape index (κ3) is 5.87. The Hall–Kier alpha value is -2.96. The van der Waals surface area contributed by atoms with Crippen LogP contribution in [-0.4, -0.2) is 25.1 Å². The largest absolute Gasteiger partial charge is 0.493 e. The van der Waals surface area contributed by atoms with Crippen LogP contribution in [0.1, 0.15) is 12.0 Å². The van der Waals surface area contributed by atoms with Crippen molar-refractivity contribution in [3.05, 3.63) is 59.7 Å². The number of amides is 1. The summed E-state index contributed by atoms with van der Waals surface area (Å²) in [4.78, 5) is 23.2. The van der Waals surface area contributed by atoms with Crippen molar-refractivity contribution in [3.63, 3.8) is 0 Å². The lowest BCUT2D eigenvalue weighted by Gasteiger charge is -2.09. The number of carbonyl (C=O) groups is 2.